The molecule has 2 rings (SSSR count). The van der Waals surface area contributed by atoms with Gasteiger partial charge in [0.1, 0.15) is 0 Å². The summed E-state index contributed by atoms with van der Waals surface area (Å²) in [6.45, 7) is 0. The molecule has 2 aliphatic rings. The number of hydrogen-bond donors (Lipinski definition) is 2. The third kappa shape index (κ3) is 2.05. The van der Waals surface area contributed by atoms with E-state index < -0.39 is 0 Å². The molecule has 2 heteroatoms. The first-order valence-electron chi connectivity index (χ1n) is 5.56. The van der Waals surface area contributed by atoms with Crippen molar-refractivity contribution in [2.24, 2.45) is 5.41 Å². The van der Waals surface area contributed by atoms with E-state index in [0.29, 0.717) is 5.41 Å². The van der Waals surface area contributed by atoms with Crippen LogP contribution in [0.25, 0.3) is 0 Å². The van der Waals surface area contributed by atoms with Gasteiger partial charge in [-0.3, -0.25) is 0 Å². The summed E-state index contributed by atoms with van der Waals surface area (Å²) < 4.78 is 0. The first-order chi connectivity index (χ1) is 6.20. The van der Waals surface area contributed by atoms with Crippen molar-refractivity contribution >= 4 is 0 Å². The minimum Gasteiger partial charge on any atom is -0.393 e. The maximum atomic E-state index is 9.63. The van der Waals surface area contributed by atoms with E-state index in [0.717, 1.165) is 38.5 Å². The fourth-order valence-corrected chi connectivity index (χ4v) is 3.25. The lowest BCUT2D eigenvalue weighted by molar-refractivity contribution is -0.0200. The maximum Gasteiger partial charge on any atom is 0.0545 e. The van der Waals surface area contributed by atoms with Gasteiger partial charge in [-0.05, 0) is 43.9 Å². The summed E-state index contributed by atoms with van der Waals surface area (Å²) in [6.07, 6.45) is 8.35. The number of aliphatic hydroxyl groups excluding tert-OH is 2. The first-order valence-corrected chi connectivity index (χ1v) is 5.56. The number of rotatable bonds is 0. The zero-order chi connectivity index (χ0) is 9.31. The highest BCUT2D eigenvalue weighted by atomic mass is 16.3. The Kier molecular flexibility index (Phi) is 2.61. The van der Waals surface area contributed by atoms with Crippen molar-refractivity contribution in [2.75, 3.05) is 0 Å². The van der Waals surface area contributed by atoms with E-state index in [1.54, 1.807) is 0 Å². The fraction of sp³-hybridized carbons (Fsp3) is 1.00. The van der Waals surface area contributed by atoms with Gasteiger partial charge in [-0.15, -0.1) is 0 Å². The van der Waals surface area contributed by atoms with E-state index in [-0.39, 0.29) is 12.2 Å². The Bertz CT molecular complexity index is 159. The molecule has 0 heterocycles. The van der Waals surface area contributed by atoms with Crippen LogP contribution < -0.4 is 0 Å². The van der Waals surface area contributed by atoms with Crippen LogP contribution in [-0.2, 0) is 0 Å². The van der Waals surface area contributed by atoms with Crippen LogP contribution in [-0.4, -0.2) is 22.4 Å². The smallest absolute Gasteiger partial charge is 0.0545 e. The van der Waals surface area contributed by atoms with Gasteiger partial charge in [0.25, 0.3) is 0 Å². The molecule has 0 radical (unpaired) electrons. The quantitative estimate of drug-likeness (QED) is 0.603. The van der Waals surface area contributed by atoms with Crippen LogP contribution in [0.2, 0.25) is 0 Å². The zero-order valence-corrected chi connectivity index (χ0v) is 8.21. The lowest BCUT2D eigenvalue weighted by Crippen LogP contribution is -2.37. The Morgan fingerprint density at radius 3 is 1.69 bits per heavy atom. The molecule has 0 aromatic heterocycles. The summed E-state index contributed by atoms with van der Waals surface area (Å²) in [6, 6.07) is 0. The van der Waals surface area contributed by atoms with Crippen molar-refractivity contribution < 1.29 is 10.2 Å². The van der Waals surface area contributed by atoms with Gasteiger partial charge in [-0.25, -0.2) is 0 Å². The van der Waals surface area contributed by atoms with Crippen molar-refractivity contribution in [1.82, 2.24) is 0 Å². The summed E-state index contributed by atoms with van der Waals surface area (Å²) in [7, 11) is 0. The van der Waals surface area contributed by atoms with E-state index in [9.17, 15) is 10.2 Å². The molecule has 0 aromatic carbocycles. The van der Waals surface area contributed by atoms with Gasteiger partial charge in [-0.1, -0.05) is 12.8 Å². The Hall–Kier alpha value is -0.0800. The fourth-order valence-electron chi connectivity index (χ4n) is 3.25. The SMILES string of the molecule is OC1CCCC2(CCCC(O)C2)C1. The van der Waals surface area contributed by atoms with Gasteiger partial charge >= 0.3 is 0 Å². The summed E-state index contributed by atoms with van der Waals surface area (Å²) in [5.74, 6) is 0. The van der Waals surface area contributed by atoms with Gasteiger partial charge < -0.3 is 10.2 Å². The van der Waals surface area contributed by atoms with Crippen molar-refractivity contribution in [3.8, 4) is 0 Å². The monoisotopic (exact) mass is 184 g/mol. The molecular formula is C11H20O2. The molecule has 0 amide bonds. The van der Waals surface area contributed by atoms with Gasteiger partial charge in [0, 0.05) is 0 Å². The van der Waals surface area contributed by atoms with E-state index in [1.807, 2.05) is 0 Å². The van der Waals surface area contributed by atoms with Crippen LogP contribution in [0.3, 0.4) is 0 Å². The topological polar surface area (TPSA) is 40.5 Å². The van der Waals surface area contributed by atoms with E-state index in [4.69, 9.17) is 0 Å². The van der Waals surface area contributed by atoms with Crippen LogP contribution in [0.1, 0.15) is 51.4 Å². The van der Waals surface area contributed by atoms with Crippen molar-refractivity contribution in [2.45, 2.75) is 63.6 Å². The van der Waals surface area contributed by atoms with Gasteiger partial charge in [-0.2, -0.15) is 0 Å². The summed E-state index contributed by atoms with van der Waals surface area (Å²) >= 11 is 0. The van der Waals surface area contributed by atoms with Crippen LogP contribution in [0.4, 0.5) is 0 Å². The molecule has 2 atom stereocenters. The molecule has 2 aliphatic carbocycles. The predicted molar refractivity (Wildman–Crippen MR) is 51.4 cm³/mol. The number of hydrogen-bond acceptors (Lipinski definition) is 2. The van der Waals surface area contributed by atoms with Gasteiger partial charge in [0.05, 0.1) is 12.2 Å². The van der Waals surface area contributed by atoms with Crippen molar-refractivity contribution in [1.29, 1.82) is 0 Å². The van der Waals surface area contributed by atoms with E-state index >= 15 is 0 Å². The molecule has 76 valence electrons. The zero-order valence-electron chi connectivity index (χ0n) is 8.21. The summed E-state index contributed by atoms with van der Waals surface area (Å²) in [4.78, 5) is 0. The third-order valence-corrected chi connectivity index (χ3v) is 3.83. The maximum absolute atomic E-state index is 9.63. The van der Waals surface area contributed by atoms with Crippen LogP contribution >= 0.6 is 0 Å². The van der Waals surface area contributed by atoms with E-state index in [1.165, 1.54) is 12.8 Å². The minimum absolute atomic E-state index is 0.0981. The second-order valence-electron chi connectivity index (χ2n) is 5.00. The van der Waals surface area contributed by atoms with Gasteiger partial charge in [0.2, 0.25) is 0 Å². The molecule has 2 unspecified atom stereocenters. The second-order valence-corrected chi connectivity index (χ2v) is 5.00. The highest BCUT2D eigenvalue weighted by Gasteiger charge is 2.39. The van der Waals surface area contributed by atoms with Crippen LogP contribution in [0.15, 0.2) is 0 Å². The standard InChI is InChI=1S/C11H20O2/c12-9-3-1-5-11(7-9)6-2-4-10(13)8-11/h9-10,12-13H,1-8H2. The largest absolute Gasteiger partial charge is 0.393 e. The molecule has 0 aromatic rings. The average molecular weight is 184 g/mol. The molecular weight excluding hydrogens is 164 g/mol. The van der Waals surface area contributed by atoms with E-state index in [2.05, 4.69) is 0 Å². The third-order valence-electron chi connectivity index (χ3n) is 3.83. The van der Waals surface area contributed by atoms with Crippen LogP contribution in [0, 0.1) is 5.41 Å². The Balaban J connectivity index is 2.00. The van der Waals surface area contributed by atoms with Crippen molar-refractivity contribution in [3.05, 3.63) is 0 Å². The molecule has 0 bridgehead atoms. The van der Waals surface area contributed by atoms with Gasteiger partial charge in [0.15, 0.2) is 0 Å². The Morgan fingerprint density at radius 2 is 1.31 bits per heavy atom. The molecule has 2 nitrogen and oxygen atoms in total. The Morgan fingerprint density at radius 1 is 0.846 bits per heavy atom. The summed E-state index contributed by atoms with van der Waals surface area (Å²) in [5.41, 5.74) is 0.301. The lowest BCUT2D eigenvalue weighted by atomic mass is 9.64. The Labute approximate surface area is 80.0 Å². The minimum atomic E-state index is -0.0981. The van der Waals surface area contributed by atoms with Crippen LogP contribution in [0.5, 0.6) is 0 Å². The molecule has 0 saturated heterocycles. The first kappa shape index (κ1) is 9.47. The normalized spacial score (nSPS) is 46.6. The molecule has 13 heavy (non-hydrogen) atoms. The average Bonchev–Trinajstić information content (AvgIpc) is 2.02. The molecule has 2 saturated carbocycles. The summed E-state index contributed by atoms with van der Waals surface area (Å²) in [5, 5.41) is 19.3. The molecule has 2 fully saturated rings. The molecule has 2 N–H and O–H groups in total. The predicted octanol–water partition coefficient (Wildman–Crippen LogP) is 1.84. The van der Waals surface area contributed by atoms with Crippen molar-refractivity contribution in [3.63, 3.8) is 0 Å². The highest BCUT2D eigenvalue weighted by molar-refractivity contribution is 4.91. The second kappa shape index (κ2) is 3.58. The lowest BCUT2D eigenvalue weighted by Gasteiger charge is -2.43. The highest BCUT2D eigenvalue weighted by Crippen LogP contribution is 2.47. The molecule has 1 spiro atoms. The molecule has 0 aliphatic heterocycles. The number of aliphatic hydroxyl groups is 2.